The molecule has 0 fully saturated rings. The zero-order valence-corrected chi connectivity index (χ0v) is 11.5. The van der Waals surface area contributed by atoms with Crippen molar-refractivity contribution in [2.45, 2.75) is 10.6 Å². The molecule has 2 aromatic rings. The van der Waals surface area contributed by atoms with E-state index in [1.165, 1.54) is 24.3 Å². The van der Waals surface area contributed by atoms with Crippen LogP contribution in [0.1, 0.15) is 5.56 Å². The second-order valence-electron chi connectivity index (χ2n) is 4.33. The predicted molar refractivity (Wildman–Crippen MR) is 74.8 cm³/mol. The van der Waals surface area contributed by atoms with Crippen molar-refractivity contribution in [3.63, 3.8) is 0 Å². The van der Waals surface area contributed by atoms with E-state index in [9.17, 15) is 22.9 Å². The van der Waals surface area contributed by atoms with Gasteiger partial charge in [-0.3, -0.25) is 10.1 Å². The maximum Gasteiger partial charge on any atom is 0.273 e. The van der Waals surface area contributed by atoms with Crippen LogP contribution < -0.4 is 5.73 Å². The minimum absolute atomic E-state index is 0.0196. The average molecular weight is 310 g/mol. The summed E-state index contributed by atoms with van der Waals surface area (Å²) in [5, 5.41) is 10.9. The number of benzene rings is 2. The van der Waals surface area contributed by atoms with E-state index in [1.807, 2.05) is 0 Å². The molecular formula is C13H11FN2O4S. The van der Waals surface area contributed by atoms with Crippen LogP contribution in [0.2, 0.25) is 0 Å². The third-order valence-corrected chi connectivity index (χ3v) is 4.56. The molecule has 0 aliphatic rings. The molecule has 0 unspecified atom stereocenters. The first-order valence-electron chi connectivity index (χ1n) is 5.81. The van der Waals surface area contributed by atoms with Crippen LogP contribution in [-0.2, 0) is 15.6 Å². The molecule has 2 aromatic carbocycles. The normalized spacial score (nSPS) is 11.3. The minimum atomic E-state index is -3.99. The quantitative estimate of drug-likeness (QED) is 0.530. The maximum absolute atomic E-state index is 13.2. The van der Waals surface area contributed by atoms with Gasteiger partial charge in [0.15, 0.2) is 9.84 Å². The molecule has 0 saturated carbocycles. The number of nitrogen functional groups attached to an aromatic ring is 1. The van der Waals surface area contributed by atoms with Crippen LogP contribution in [0.3, 0.4) is 0 Å². The number of hydrogen-bond donors (Lipinski definition) is 1. The van der Waals surface area contributed by atoms with Gasteiger partial charge in [-0.2, -0.15) is 0 Å². The van der Waals surface area contributed by atoms with Crippen molar-refractivity contribution in [3.05, 3.63) is 64.0 Å². The van der Waals surface area contributed by atoms with Crippen molar-refractivity contribution in [2.24, 2.45) is 0 Å². The van der Waals surface area contributed by atoms with E-state index in [0.29, 0.717) is 0 Å². The number of nitrogens with two attached hydrogens (primary N) is 1. The van der Waals surface area contributed by atoms with Gasteiger partial charge in [-0.25, -0.2) is 12.8 Å². The molecular weight excluding hydrogens is 299 g/mol. The molecule has 2 rings (SSSR count). The summed E-state index contributed by atoms with van der Waals surface area (Å²) in [4.78, 5) is 9.85. The molecule has 0 saturated heterocycles. The van der Waals surface area contributed by atoms with Gasteiger partial charge in [0.05, 0.1) is 21.3 Å². The lowest BCUT2D eigenvalue weighted by Gasteiger charge is -2.08. The van der Waals surface area contributed by atoms with Crippen LogP contribution in [0.5, 0.6) is 0 Å². The monoisotopic (exact) mass is 310 g/mol. The first-order chi connectivity index (χ1) is 9.81. The highest BCUT2D eigenvalue weighted by atomic mass is 32.2. The Labute approximate surface area is 120 Å². The van der Waals surface area contributed by atoms with Crippen LogP contribution in [0.25, 0.3) is 0 Å². The van der Waals surface area contributed by atoms with Gasteiger partial charge in [-0.05, 0) is 18.2 Å². The molecule has 0 atom stereocenters. The van der Waals surface area contributed by atoms with Crippen LogP contribution in [0.15, 0.2) is 47.4 Å². The van der Waals surface area contributed by atoms with Crippen molar-refractivity contribution in [1.82, 2.24) is 0 Å². The van der Waals surface area contributed by atoms with Crippen LogP contribution in [0, 0.1) is 15.9 Å². The van der Waals surface area contributed by atoms with Gasteiger partial charge in [-0.1, -0.05) is 18.2 Å². The molecule has 0 aliphatic heterocycles. The van der Waals surface area contributed by atoms with Gasteiger partial charge in [0.25, 0.3) is 5.69 Å². The molecule has 21 heavy (non-hydrogen) atoms. The van der Waals surface area contributed by atoms with E-state index >= 15 is 0 Å². The number of nitro benzene ring substituents is 1. The summed E-state index contributed by atoms with van der Waals surface area (Å²) in [6.45, 7) is 0. The molecule has 6 nitrogen and oxygen atoms in total. The second-order valence-corrected chi connectivity index (χ2v) is 6.29. The standard InChI is InChI=1S/C13H11FN2O4S/c14-10-5-6-11(15)13(7-10)21(19,20)8-9-3-1-2-4-12(9)16(17)18/h1-7H,8,15H2. The SMILES string of the molecule is Nc1ccc(F)cc1S(=O)(=O)Cc1ccccc1[N+](=O)[O-]. The average Bonchev–Trinajstić information content (AvgIpc) is 2.41. The van der Waals surface area contributed by atoms with Crippen molar-refractivity contribution < 1.29 is 17.7 Å². The number of anilines is 1. The van der Waals surface area contributed by atoms with Gasteiger partial charge in [0.2, 0.25) is 0 Å². The van der Waals surface area contributed by atoms with E-state index < -0.39 is 26.3 Å². The highest BCUT2D eigenvalue weighted by Crippen LogP contribution is 2.27. The summed E-state index contributed by atoms with van der Waals surface area (Å²) >= 11 is 0. The molecule has 0 heterocycles. The van der Waals surface area contributed by atoms with Crippen LogP contribution in [0.4, 0.5) is 15.8 Å². The third kappa shape index (κ3) is 3.16. The number of sulfone groups is 1. The Morgan fingerprint density at radius 2 is 1.86 bits per heavy atom. The summed E-state index contributed by atoms with van der Waals surface area (Å²) < 4.78 is 37.8. The van der Waals surface area contributed by atoms with Gasteiger partial charge in [-0.15, -0.1) is 0 Å². The number of hydrogen-bond acceptors (Lipinski definition) is 5. The van der Waals surface area contributed by atoms with Gasteiger partial charge in [0.1, 0.15) is 5.82 Å². The fourth-order valence-corrected chi connectivity index (χ4v) is 3.40. The Morgan fingerprint density at radius 3 is 2.52 bits per heavy atom. The topological polar surface area (TPSA) is 103 Å². The molecule has 0 bridgehead atoms. The lowest BCUT2D eigenvalue weighted by molar-refractivity contribution is -0.385. The number of nitro groups is 1. The Kier molecular flexibility index (Phi) is 3.90. The predicted octanol–water partition coefficient (Wildman–Crippen LogP) is 2.29. The molecule has 0 radical (unpaired) electrons. The summed E-state index contributed by atoms with van der Waals surface area (Å²) in [6.07, 6.45) is 0. The van der Waals surface area contributed by atoms with E-state index in [1.54, 1.807) is 0 Å². The summed E-state index contributed by atoms with van der Waals surface area (Å²) in [7, 11) is -3.99. The molecule has 2 N–H and O–H groups in total. The van der Waals surface area contributed by atoms with Crippen LogP contribution in [-0.4, -0.2) is 13.3 Å². The summed E-state index contributed by atoms with van der Waals surface area (Å²) in [5.41, 5.74) is 5.16. The molecule has 110 valence electrons. The fraction of sp³-hybridized carbons (Fsp3) is 0.0769. The summed E-state index contributed by atoms with van der Waals surface area (Å²) in [5.74, 6) is -1.37. The largest absolute Gasteiger partial charge is 0.398 e. The first-order valence-corrected chi connectivity index (χ1v) is 7.46. The van der Waals surface area contributed by atoms with Crippen molar-refractivity contribution in [2.75, 3.05) is 5.73 Å². The molecule has 0 amide bonds. The number of para-hydroxylation sites is 1. The van der Waals surface area contributed by atoms with Crippen molar-refractivity contribution in [1.29, 1.82) is 0 Å². The first kappa shape index (κ1) is 14.9. The number of rotatable bonds is 4. The van der Waals surface area contributed by atoms with Gasteiger partial charge >= 0.3 is 0 Å². The highest BCUT2D eigenvalue weighted by molar-refractivity contribution is 7.90. The van der Waals surface area contributed by atoms with Crippen LogP contribution >= 0.6 is 0 Å². The van der Waals surface area contributed by atoms with E-state index in [4.69, 9.17) is 5.73 Å². The highest BCUT2D eigenvalue weighted by Gasteiger charge is 2.23. The van der Waals surface area contributed by atoms with E-state index in [-0.39, 0.29) is 21.8 Å². The van der Waals surface area contributed by atoms with E-state index in [2.05, 4.69) is 0 Å². The molecule has 0 aliphatic carbocycles. The smallest absolute Gasteiger partial charge is 0.273 e. The number of nitrogens with zero attached hydrogens (tertiary/aromatic N) is 1. The fourth-order valence-electron chi connectivity index (χ4n) is 1.87. The third-order valence-electron chi connectivity index (χ3n) is 2.84. The zero-order valence-electron chi connectivity index (χ0n) is 10.7. The Morgan fingerprint density at radius 1 is 1.19 bits per heavy atom. The Hall–Kier alpha value is -2.48. The minimum Gasteiger partial charge on any atom is -0.398 e. The zero-order chi connectivity index (χ0) is 15.6. The van der Waals surface area contributed by atoms with Gasteiger partial charge < -0.3 is 5.73 Å². The number of halogens is 1. The Bertz CT molecular complexity index is 806. The summed E-state index contributed by atoms with van der Waals surface area (Å²) in [6, 6.07) is 8.46. The molecule has 8 heteroatoms. The lowest BCUT2D eigenvalue weighted by atomic mass is 10.2. The lowest BCUT2D eigenvalue weighted by Crippen LogP contribution is -2.09. The maximum atomic E-state index is 13.2. The van der Waals surface area contributed by atoms with Crippen molar-refractivity contribution in [3.8, 4) is 0 Å². The van der Waals surface area contributed by atoms with Crippen molar-refractivity contribution >= 4 is 21.2 Å². The molecule has 0 aromatic heterocycles. The molecule has 0 spiro atoms. The van der Waals surface area contributed by atoms with Gasteiger partial charge in [0, 0.05) is 11.6 Å². The van der Waals surface area contributed by atoms with E-state index in [0.717, 1.165) is 18.2 Å². The second kappa shape index (κ2) is 5.49. The Balaban J connectivity index is 2.48.